The molecule has 0 aromatic heterocycles. The summed E-state index contributed by atoms with van der Waals surface area (Å²) in [6.45, 7) is 4.04. The number of amides is 1. The Balaban J connectivity index is 1.85. The lowest BCUT2D eigenvalue weighted by molar-refractivity contribution is -0.116. The van der Waals surface area contributed by atoms with Crippen molar-refractivity contribution in [1.29, 1.82) is 0 Å². The summed E-state index contributed by atoms with van der Waals surface area (Å²) in [5.74, 6) is 0.747. The van der Waals surface area contributed by atoms with Crippen molar-refractivity contribution in [3.05, 3.63) is 48.0 Å². The predicted octanol–water partition coefficient (Wildman–Crippen LogP) is 4.36. The van der Waals surface area contributed by atoms with Gasteiger partial charge < -0.3 is 14.8 Å². The number of hydrogen-bond donors (Lipinski definition) is 1. The van der Waals surface area contributed by atoms with Crippen LogP contribution in [-0.4, -0.2) is 44.9 Å². The first-order chi connectivity index (χ1) is 15.3. The number of anilines is 1. The topological polar surface area (TPSA) is 84.9 Å². The molecular formula is C24H32N2O5S. The van der Waals surface area contributed by atoms with Crippen LogP contribution in [0.5, 0.6) is 11.5 Å². The van der Waals surface area contributed by atoms with Gasteiger partial charge in [0, 0.05) is 6.04 Å². The van der Waals surface area contributed by atoms with Crippen molar-refractivity contribution < 1.29 is 22.7 Å². The van der Waals surface area contributed by atoms with E-state index in [0.717, 1.165) is 37.7 Å². The molecule has 1 amide bonds. The third-order valence-corrected chi connectivity index (χ3v) is 7.56. The highest BCUT2D eigenvalue weighted by atomic mass is 32.2. The lowest BCUT2D eigenvalue weighted by Gasteiger charge is -2.33. The van der Waals surface area contributed by atoms with E-state index in [0.29, 0.717) is 23.8 Å². The van der Waals surface area contributed by atoms with E-state index in [1.165, 1.54) is 23.5 Å². The van der Waals surface area contributed by atoms with Gasteiger partial charge in [-0.05, 0) is 68.7 Å². The van der Waals surface area contributed by atoms with Crippen molar-refractivity contribution in [3.63, 3.8) is 0 Å². The van der Waals surface area contributed by atoms with Crippen LogP contribution >= 0.6 is 0 Å². The first-order valence-electron chi connectivity index (χ1n) is 11.0. The summed E-state index contributed by atoms with van der Waals surface area (Å²) in [6.07, 6.45) is 4.48. The van der Waals surface area contributed by atoms with E-state index >= 15 is 0 Å². The molecule has 1 aliphatic rings. The van der Waals surface area contributed by atoms with E-state index in [4.69, 9.17) is 9.47 Å². The minimum Gasteiger partial charge on any atom is -0.495 e. The number of methoxy groups -OCH3 is 1. The van der Waals surface area contributed by atoms with Crippen molar-refractivity contribution in [1.82, 2.24) is 4.31 Å². The largest absolute Gasteiger partial charge is 0.495 e. The fourth-order valence-corrected chi connectivity index (χ4v) is 5.68. The fraction of sp³-hybridized carbons (Fsp3) is 0.458. The third-order valence-electron chi connectivity index (χ3n) is 5.65. The molecule has 0 aliphatic heterocycles. The molecule has 0 bridgehead atoms. The number of aryl methyl sites for hydroxylation is 1. The lowest BCUT2D eigenvalue weighted by atomic mass is 9.95. The first-order valence-corrected chi connectivity index (χ1v) is 12.5. The van der Waals surface area contributed by atoms with Gasteiger partial charge in [0.05, 0.1) is 30.8 Å². The van der Waals surface area contributed by atoms with Gasteiger partial charge in [-0.1, -0.05) is 25.3 Å². The van der Waals surface area contributed by atoms with Gasteiger partial charge in [-0.3, -0.25) is 4.79 Å². The molecule has 0 saturated heterocycles. The quantitative estimate of drug-likeness (QED) is 0.601. The Hall–Kier alpha value is -2.58. The summed E-state index contributed by atoms with van der Waals surface area (Å²) in [5, 5.41) is 2.83. The number of rotatable bonds is 9. The van der Waals surface area contributed by atoms with Gasteiger partial charge in [0.2, 0.25) is 15.9 Å². The van der Waals surface area contributed by atoms with E-state index in [9.17, 15) is 13.2 Å². The highest BCUT2D eigenvalue weighted by molar-refractivity contribution is 7.89. The number of hydrogen-bond acceptors (Lipinski definition) is 5. The van der Waals surface area contributed by atoms with Crippen molar-refractivity contribution in [2.24, 2.45) is 0 Å². The van der Waals surface area contributed by atoms with Crippen molar-refractivity contribution >= 4 is 21.6 Å². The molecule has 0 radical (unpaired) electrons. The maximum atomic E-state index is 13.5. The summed E-state index contributed by atoms with van der Waals surface area (Å²) >= 11 is 0. The molecule has 1 fully saturated rings. The summed E-state index contributed by atoms with van der Waals surface area (Å²) in [7, 11) is -2.33. The van der Waals surface area contributed by atoms with E-state index < -0.39 is 15.9 Å². The number of carbonyl (C=O) groups excluding carboxylic acids is 1. The lowest BCUT2D eigenvalue weighted by Crippen LogP contribution is -2.45. The Labute approximate surface area is 190 Å². The smallest absolute Gasteiger partial charge is 0.243 e. The Morgan fingerprint density at radius 3 is 2.41 bits per heavy atom. The second-order valence-corrected chi connectivity index (χ2v) is 9.89. The van der Waals surface area contributed by atoms with Crippen LogP contribution in [0.2, 0.25) is 0 Å². The molecule has 0 spiro atoms. The van der Waals surface area contributed by atoms with Crippen LogP contribution in [0.15, 0.2) is 47.4 Å². The molecule has 3 rings (SSSR count). The molecule has 1 saturated carbocycles. The SMILES string of the molecule is CCOc1ccc(S(=O)(=O)N(CC(=O)Nc2cc(C)ccc2OC)C2CCCCC2)cc1. The molecule has 8 heteroatoms. The maximum Gasteiger partial charge on any atom is 0.243 e. The minimum atomic E-state index is -3.86. The van der Waals surface area contributed by atoms with Crippen molar-refractivity contribution in [2.45, 2.75) is 56.9 Å². The molecule has 174 valence electrons. The highest BCUT2D eigenvalue weighted by Crippen LogP contribution is 2.29. The average Bonchev–Trinajstić information content (AvgIpc) is 2.79. The van der Waals surface area contributed by atoms with Gasteiger partial charge in [0.1, 0.15) is 11.5 Å². The third kappa shape index (κ3) is 5.81. The Kier molecular flexibility index (Phi) is 8.15. The number of ether oxygens (including phenoxy) is 2. The zero-order valence-electron chi connectivity index (χ0n) is 19.0. The van der Waals surface area contributed by atoms with Gasteiger partial charge in [-0.25, -0.2) is 8.42 Å². The average molecular weight is 461 g/mol. The number of sulfonamides is 1. The van der Waals surface area contributed by atoms with Crippen molar-refractivity contribution in [2.75, 3.05) is 25.6 Å². The second kappa shape index (κ2) is 10.8. The van der Waals surface area contributed by atoms with Crippen LogP contribution in [0.3, 0.4) is 0 Å². The van der Waals surface area contributed by atoms with Crippen LogP contribution in [0.4, 0.5) is 5.69 Å². The Bertz CT molecular complexity index is 1020. The number of nitrogens with one attached hydrogen (secondary N) is 1. The van der Waals surface area contributed by atoms with Crippen LogP contribution in [-0.2, 0) is 14.8 Å². The second-order valence-electron chi connectivity index (χ2n) is 8.00. The normalized spacial score (nSPS) is 14.9. The molecular weight excluding hydrogens is 428 g/mol. The molecule has 0 heterocycles. The molecule has 7 nitrogen and oxygen atoms in total. The summed E-state index contributed by atoms with van der Waals surface area (Å²) in [4.78, 5) is 13.1. The van der Waals surface area contributed by atoms with E-state index in [-0.39, 0.29) is 17.5 Å². The predicted molar refractivity (Wildman–Crippen MR) is 125 cm³/mol. The number of benzene rings is 2. The summed E-state index contributed by atoms with van der Waals surface area (Å²) < 4.78 is 39.2. The molecule has 1 N–H and O–H groups in total. The number of carbonyl (C=O) groups is 1. The van der Waals surface area contributed by atoms with Gasteiger partial charge in [0.25, 0.3) is 0 Å². The zero-order valence-corrected chi connectivity index (χ0v) is 19.8. The highest BCUT2D eigenvalue weighted by Gasteiger charge is 2.34. The van der Waals surface area contributed by atoms with Crippen molar-refractivity contribution in [3.8, 4) is 11.5 Å². The van der Waals surface area contributed by atoms with Gasteiger partial charge in [-0.15, -0.1) is 0 Å². The van der Waals surface area contributed by atoms with Gasteiger partial charge >= 0.3 is 0 Å². The van der Waals surface area contributed by atoms with Crippen LogP contribution in [0.25, 0.3) is 0 Å². The summed E-state index contributed by atoms with van der Waals surface area (Å²) in [5.41, 5.74) is 1.49. The van der Waals surface area contributed by atoms with E-state index in [2.05, 4.69) is 5.32 Å². The van der Waals surface area contributed by atoms with Crippen LogP contribution < -0.4 is 14.8 Å². The molecule has 2 aromatic rings. The molecule has 2 aromatic carbocycles. The molecule has 32 heavy (non-hydrogen) atoms. The first kappa shape index (κ1) is 24.1. The van der Waals surface area contributed by atoms with Crippen LogP contribution in [0, 0.1) is 6.92 Å². The maximum absolute atomic E-state index is 13.5. The van der Waals surface area contributed by atoms with E-state index in [1.807, 2.05) is 26.0 Å². The minimum absolute atomic E-state index is 0.160. The molecule has 1 aliphatic carbocycles. The van der Waals surface area contributed by atoms with E-state index in [1.54, 1.807) is 18.2 Å². The molecule has 0 unspecified atom stereocenters. The zero-order chi connectivity index (χ0) is 23.1. The standard InChI is InChI=1S/C24H32N2O5S/c1-4-31-20-11-13-21(14-12-20)32(28,29)26(19-8-6-5-7-9-19)17-24(27)25-22-16-18(2)10-15-23(22)30-3/h10-16,19H,4-9,17H2,1-3H3,(H,25,27). The number of nitrogens with zero attached hydrogens (tertiary/aromatic N) is 1. The molecule has 0 atom stereocenters. The van der Waals surface area contributed by atoms with Gasteiger partial charge in [0.15, 0.2) is 0 Å². The van der Waals surface area contributed by atoms with Gasteiger partial charge in [-0.2, -0.15) is 4.31 Å². The Morgan fingerprint density at radius 2 is 1.78 bits per heavy atom. The monoisotopic (exact) mass is 460 g/mol. The summed E-state index contributed by atoms with van der Waals surface area (Å²) in [6, 6.07) is 11.6. The van der Waals surface area contributed by atoms with Crippen LogP contribution in [0.1, 0.15) is 44.6 Å². The fourth-order valence-electron chi connectivity index (χ4n) is 4.04. The Morgan fingerprint density at radius 1 is 1.09 bits per heavy atom.